The van der Waals surface area contributed by atoms with Crippen molar-refractivity contribution in [1.82, 2.24) is 0 Å². The lowest BCUT2D eigenvalue weighted by atomic mass is 10.2. The third kappa shape index (κ3) is 5.00. The molecule has 0 aliphatic carbocycles. The van der Waals surface area contributed by atoms with Crippen molar-refractivity contribution in [3.8, 4) is 0 Å². The molecule has 0 N–H and O–H groups in total. The first-order chi connectivity index (χ1) is 4.16. The van der Waals surface area contributed by atoms with Crippen LogP contribution in [0.25, 0.3) is 0 Å². The Morgan fingerprint density at radius 2 is 2.22 bits per heavy atom. The first kappa shape index (κ1) is 8.14. The van der Waals surface area contributed by atoms with Crippen molar-refractivity contribution in [3.05, 3.63) is 0 Å². The molecule has 0 bridgehead atoms. The Balaban J connectivity index is 3.27. The molecule has 0 saturated heterocycles. The average Bonchev–Trinajstić information content (AvgIpc) is 1.83. The molecule has 0 amide bonds. The Hall–Kier alpha value is -0.860. The van der Waals surface area contributed by atoms with Gasteiger partial charge in [0.25, 0.3) is 0 Å². The second-order valence-electron chi connectivity index (χ2n) is 2.14. The number of hydrogen-bond acceptors (Lipinski definition) is 3. The van der Waals surface area contributed by atoms with E-state index in [0.717, 1.165) is 0 Å². The Bertz CT molecular complexity index is 107. The van der Waals surface area contributed by atoms with Crippen LogP contribution in [0.4, 0.5) is 0 Å². The van der Waals surface area contributed by atoms with Crippen LogP contribution in [0.15, 0.2) is 0 Å². The Kier molecular flexibility index (Phi) is 3.67. The molecule has 0 unspecified atom stereocenters. The number of carbonyl (C=O) groups excluding carboxylic acids is 2. The van der Waals surface area contributed by atoms with E-state index >= 15 is 0 Å². The topological polar surface area (TPSA) is 43.4 Å². The van der Waals surface area contributed by atoms with Crippen LogP contribution in [0.5, 0.6) is 0 Å². The van der Waals surface area contributed by atoms with E-state index in [-0.39, 0.29) is 12.2 Å². The summed E-state index contributed by atoms with van der Waals surface area (Å²) in [5.74, 6) is -0.502. The summed E-state index contributed by atoms with van der Waals surface area (Å²) in [7, 11) is 0. The predicted molar refractivity (Wildman–Crippen MR) is 31.9 cm³/mol. The van der Waals surface area contributed by atoms with Crippen LogP contribution in [0.1, 0.15) is 13.8 Å². The third-order valence-corrected chi connectivity index (χ3v) is 0.655. The minimum Gasteiger partial charge on any atom is -0.460 e. The first-order valence-electron chi connectivity index (χ1n) is 2.78. The Morgan fingerprint density at radius 3 is 2.56 bits per heavy atom. The highest BCUT2D eigenvalue weighted by molar-refractivity contribution is 6.20. The molecule has 52 valence electrons. The van der Waals surface area contributed by atoms with Gasteiger partial charge in [-0.3, -0.25) is 4.79 Å². The average molecular weight is 130 g/mol. The van der Waals surface area contributed by atoms with Crippen LogP contribution >= 0.6 is 0 Å². The normalized spacial score (nSPS) is 9.22. The second kappa shape index (κ2) is 4.06. The van der Waals surface area contributed by atoms with Gasteiger partial charge >= 0.3 is 5.97 Å². The molecular formula is C6H10O3. The molecule has 0 spiro atoms. The van der Waals surface area contributed by atoms with E-state index in [1.807, 2.05) is 13.8 Å². The molecule has 0 saturated carbocycles. The van der Waals surface area contributed by atoms with Crippen LogP contribution < -0.4 is 0 Å². The summed E-state index contributed by atoms with van der Waals surface area (Å²) >= 11 is 0. The van der Waals surface area contributed by atoms with Crippen molar-refractivity contribution in [2.75, 3.05) is 6.61 Å². The zero-order valence-electron chi connectivity index (χ0n) is 5.59. The van der Waals surface area contributed by atoms with E-state index in [0.29, 0.717) is 6.61 Å². The quantitative estimate of drug-likeness (QED) is 0.315. The van der Waals surface area contributed by atoms with Gasteiger partial charge in [0.05, 0.1) is 6.61 Å². The molecule has 0 aliphatic heterocycles. The van der Waals surface area contributed by atoms with E-state index in [9.17, 15) is 9.59 Å². The van der Waals surface area contributed by atoms with Crippen LogP contribution in [-0.4, -0.2) is 18.9 Å². The molecule has 3 nitrogen and oxygen atoms in total. The summed E-state index contributed by atoms with van der Waals surface area (Å²) in [4.78, 5) is 19.8. The van der Waals surface area contributed by atoms with Crippen LogP contribution in [-0.2, 0) is 14.3 Å². The van der Waals surface area contributed by atoms with Gasteiger partial charge in [-0.15, -0.1) is 0 Å². The molecule has 9 heavy (non-hydrogen) atoms. The van der Waals surface area contributed by atoms with Gasteiger partial charge in [0, 0.05) is 0 Å². The monoisotopic (exact) mass is 130 g/mol. The maximum Gasteiger partial charge on any atom is 0.371 e. The Labute approximate surface area is 54.0 Å². The number of ether oxygens (including phenoxy) is 1. The molecule has 0 aromatic heterocycles. The van der Waals surface area contributed by atoms with Crippen LogP contribution in [0.2, 0.25) is 0 Å². The number of esters is 1. The molecular weight excluding hydrogens is 120 g/mol. The lowest BCUT2D eigenvalue weighted by molar-refractivity contribution is -0.149. The van der Waals surface area contributed by atoms with Crippen LogP contribution in [0.3, 0.4) is 0 Å². The Morgan fingerprint density at radius 1 is 1.67 bits per heavy atom. The number of aldehydes is 1. The summed E-state index contributed by atoms with van der Waals surface area (Å²) < 4.78 is 4.45. The van der Waals surface area contributed by atoms with Gasteiger partial charge in [-0.2, -0.15) is 0 Å². The highest BCUT2D eigenvalue weighted by Gasteiger charge is 1.99. The van der Waals surface area contributed by atoms with Crippen molar-refractivity contribution in [2.45, 2.75) is 13.8 Å². The van der Waals surface area contributed by atoms with E-state index in [1.165, 1.54) is 0 Å². The van der Waals surface area contributed by atoms with Gasteiger partial charge in [-0.25, -0.2) is 4.79 Å². The molecule has 0 rings (SSSR count). The lowest BCUT2D eigenvalue weighted by Gasteiger charge is -2.01. The van der Waals surface area contributed by atoms with E-state index in [2.05, 4.69) is 4.74 Å². The van der Waals surface area contributed by atoms with E-state index < -0.39 is 5.97 Å². The lowest BCUT2D eigenvalue weighted by Crippen LogP contribution is -2.10. The van der Waals surface area contributed by atoms with Gasteiger partial charge < -0.3 is 4.74 Å². The number of carbonyl (C=O) groups is 2. The largest absolute Gasteiger partial charge is 0.460 e. The van der Waals surface area contributed by atoms with Crippen LogP contribution in [0, 0.1) is 5.92 Å². The summed E-state index contributed by atoms with van der Waals surface area (Å²) in [6.07, 6.45) is 0.169. The summed E-state index contributed by atoms with van der Waals surface area (Å²) in [5.41, 5.74) is 0. The molecule has 0 aliphatic rings. The second-order valence-corrected chi connectivity index (χ2v) is 2.14. The third-order valence-electron chi connectivity index (χ3n) is 0.655. The van der Waals surface area contributed by atoms with Gasteiger partial charge in [-0.05, 0) is 5.92 Å². The maximum absolute atomic E-state index is 10.1. The molecule has 0 fully saturated rings. The van der Waals surface area contributed by atoms with E-state index in [4.69, 9.17) is 0 Å². The zero-order chi connectivity index (χ0) is 7.28. The fourth-order valence-electron chi connectivity index (χ4n) is 0.283. The first-order valence-corrected chi connectivity index (χ1v) is 2.78. The fraction of sp³-hybridized carbons (Fsp3) is 0.667. The van der Waals surface area contributed by atoms with Gasteiger partial charge in [0.15, 0.2) is 0 Å². The van der Waals surface area contributed by atoms with Crippen molar-refractivity contribution >= 4 is 12.3 Å². The molecule has 0 atom stereocenters. The van der Waals surface area contributed by atoms with Gasteiger partial charge in [-0.1, -0.05) is 13.8 Å². The summed E-state index contributed by atoms with van der Waals surface area (Å²) in [6.45, 7) is 4.12. The highest BCUT2D eigenvalue weighted by atomic mass is 16.5. The maximum atomic E-state index is 10.1. The predicted octanol–water partition coefficient (Wildman–Crippen LogP) is 0.385. The minimum atomic E-state index is -0.788. The van der Waals surface area contributed by atoms with Gasteiger partial charge in [0.1, 0.15) is 0 Å². The van der Waals surface area contributed by atoms with Crippen molar-refractivity contribution in [1.29, 1.82) is 0 Å². The molecule has 0 aromatic rings. The van der Waals surface area contributed by atoms with Crippen molar-refractivity contribution in [3.63, 3.8) is 0 Å². The molecule has 0 aromatic carbocycles. The minimum absolute atomic E-state index is 0.169. The standard InChI is InChI=1S/C6H10O3/c1-5(2)4-9-6(8)3-7/h3,5H,4H2,1-2H3. The molecule has 0 radical (unpaired) electrons. The van der Waals surface area contributed by atoms with E-state index in [1.54, 1.807) is 0 Å². The zero-order valence-corrected chi connectivity index (χ0v) is 5.59. The smallest absolute Gasteiger partial charge is 0.371 e. The van der Waals surface area contributed by atoms with Crippen molar-refractivity contribution < 1.29 is 14.3 Å². The van der Waals surface area contributed by atoms with Gasteiger partial charge in [0.2, 0.25) is 6.29 Å². The number of rotatable bonds is 3. The molecule has 0 heterocycles. The fourth-order valence-corrected chi connectivity index (χ4v) is 0.283. The van der Waals surface area contributed by atoms with Crippen molar-refractivity contribution in [2.24, 2.45) is 5.92 Å². The SMILES string of the molecule is CC(C)COC(=O)C=O. The molecule has 3 heteroatoms. The summed E-state index contributed by atoms with van der Waals surface area (Å²) in [5, 5.41) is 0. The highest BCUT2D eigenvalue weighted by Crippen LogP contribution is 1.90. The summed E-state index contributed by atoms with van der Waals surface area (Å²) in [6, 6.07) is 0. The number of hydrogen-bond donors (Lipinski definition) is 0.